The summed E-state index contributed by atoms with van der Waals surface area (Å²) in [6.07, 6.45) is 0. The molecule has 2 fully saturated rings. The summed E-state index contributed by atoms with van der Waals surface area (Å²) in [5, 5.41) is 2.43. The molecule has 9 nitrogen and oxygen atoms in total. The van der Waals surface area contributed by atoms with E-state index >= 15 is 0 Å². The van der Waals surface area contributed by atoms with E-state index in [0.717, 1.165) is 54.8 Å². The minimum absolute atomic E-state index is 0.0673. The average Bonchev–Trinajstić information content (AvgIpc) is 3.37. The van der Waals surface area contributed by atoms with Gasteiger partial charge in [-0.2, -0.15) is 0 Å². The van der Waals surface area contributed by atoms with Gasteiger partial charge in [0.15, 0.2) is 5.76 Å². The Labute approximate surface area is 245 Å². The zero-order chi connectivity index (χ0) is 28.8. The maximum Gasteiger partial charge on any atom is 0.289 e. The maximum atomic E-state index is 12.8. The minimum Gasteiger partial charge on any atom is -0.451 e. The number of rotatable bonds is 6. The normalized spacial score (nSPS) is 16.2. The summed E-state index contributed by atoms with van der Waals surface area (Å²) in [7, 11) is 3.59. The number of anilines is 1. The zero-order valence-corrected chi connectivity index (χ0v) is 24.8. The van der Waals surface area contributed by atoms with Crippen LogP contribution in [0.15, 0.2) is 40.8 Å². The van der Waals surface area contributed by atoms with Crippen molar-refractivity contribution in [2.24, 2.45) is 5.73 Å². The lowest BCUT2D eigenvalue weighted by atomic mass is 10.1. The first-order valence-corrected chi connectivity index (χ1v) is 14.1. The molecule has 2 aliphatic heterocycles. The highest BCUT2D eigenvalue weighted by Crippen LogP contribution is 2.32. The molecule has 2 saturated heterocycles. The summed E-state index contributed by atoms with van der Waals surface area (Å²) in [4.78, 5) is 31.1. The Hall–Kier alpha value is -2.82. The molecule has 3 aromatic rings. The molecule has 11 heteroatoms. The molecule has 0 atom stereocenters. The Bertz CT molecular complexity index is 1310. The van der Waals surface area contributed by atoms with Gasteiger partial charge in [0.05, 0.1) is 19.8 Å². The topological polar surface area (TPSA) is 95.5 Å². The monoisotopic (exact) mass is 589 g/mol. The number of fused-ring (bicyclic) bond motifs is 1. The summed E-state index contributed by atoms with van der Waals surface area (Å²) in [5.41, 5.74) is 8.87. The lowest BCUT2D eigenvalue weighted by molar-refractivity contribution is -0.118. The number of nitrogens with zero attached hydrogens (tertiary/aromatic N) is 4. The van der Waals surface area contributed by atoms with Gasteiger partial charge < -0.3 is 29.6 Å². The summed E-state index contributed by atoms with van der Waals surface area (Å²) in [6.45, 7) is 9.19. The number of carbonyl (C=O) groups is 2. The van der Waals surface area contributed by atoms with Gasteiger partial charge in [0, 0.05) is 72.5 Å². The molecule has 2 N–H and O–H groups in total. The van der Waals surface area contributed by atoms with Crippen LogP contribution in [0.4, 0.5) is 5.69 Å². The Morgan fingerprint density at radius 1 is 0.975 bits per heavy atom. The lowest BCUT2D eigenvalue weighted by Crippen LogP contribution is -2.46. The molecular weight excluding hydrogens is 553 g/mol. The van der Waals surface area contributed by atoms with E-state index in [1.165, 1.54) is 5.69 Å². The number of aryl methyl sites for hydroxylation is 1. The fraction of sp³-hybridized carbons (Fsp3) is 0.448. The molecule has 1 aromatic heterocycles. The third-order valence-corrected chi connectivity index (χ3v) is 7.79. The van der Waals surface area contributed by atoms with Crippen LogP contribution < -0.4 is 10.6 Å². The molecule has 0 spiro atoms. The number of likely N-dealkylation sites (N-methyl/N-ethyl adjacent to an activating group) is 1. The Morgan fingerprint density at radius 3 is 2.20 bits per heavy atom. The van der Waals surface area contributed by atoms with Crippen LogP contribution in [0.3, 0.4) is 0 Å². The number of halogens is 2. The average molecular weight is 591 g/mol. The van der Waals surface area contributed by atoms with Crippen LogP contribution in [-0.2, 0) is 16.1 Å². The SMILES string of the molecule is CN(C)CC(N)=O.Cc1c(N2CCN(Cc3c(Cl)cccc3Cl)CC2)ccc2oc(C(=O)N3CCOCC3)cc12. The number of nitrogens with two attached hydrogens (primary N) is 1. The molecule has 0 unspecified atom stereocenters. The standard InChI is InChI=1S/C25H27Cl2N3O3.C4H10N2O/c1-17-18-15-24(25(31)30-11-13-32-14-12-30)33-23(18)6-5-22(17)29-9-7-28(8-10-29)16-19-20(26)3-2-4-21(19)27;1-6(2)3-4(5)7/h2-6,15H,7-14,16H2,1H3;3H2,1-2H3,(H2,5,7). The number of hydrogen-bond donors (Lipinski definition) is 1. The van der Waals surface area contributed by atoms with Crippen molar-refractivity contribution in [3.05, 3.63) is 63.3 Å². The molecule has 0 radical (unpaired) electrons. The number of hydrogen-bond acceptors (Lipinski definition) is 7. The maximum absolute atomic E-state index is 12.8. The van der Waals surface area contributed by atoms with Gasteiger partial charge in [0.25, 0.3) is 5.91 Å². The molecule has 2 amide bonds. The van der Waals surface area contributed by atoms with Crippen molar-refractivity contribution in [3.8, 4) is 0 Å². The largest absolute Gasteiger partial charge is 0.451 e. The predicted molar refractivity (Wildman–Crippen MR) is 159 cm³/mol. The summed E-state index contributed by atoms with van der Waals surface area (Å²) < 4.78 is 11.3. The van der Waals surface area contributed by atoms with E-state index in [4.69, 9.17) is 38.1 Å². The number of benzene rings is 2. The number of amides is 2. The molecule has 0 bridgehead atoms. The van der Waals surface area contributed by atoms with Gasteiger partial charge in [0.2, 0.25) is 5.91 Å². The van der Waals surface area contributed by atoms with Crippen molar-refractivity contribution in [1.82, 2.24) is 14.7 Å². The van der Waals surface area contributed by atoms with E-state index in [2.05, 4.69) is 22.8 Å². The van der Waals surface area contributed by atoms with Crippen molar-refractivity contribution in [1.29, 1.82) is 0 Å². The highest BCUT2D eigenvalue weighted by Gasteiger charge is 2.24. The quantitative estimate of drug-likeness (QED) is 0.466. The first-order valence-electron chi connectivity index (χ1n) is 13.4. The van der Waals surface area contributed by atoms with Gasteiger partial charge in [-0.05, 0) is 56.9 Å². The fourth-order valence-electron chi connectivity index (χ4n) is 4.98. The van der Waals surface area contributed by atoms with Crippen LogP contribution in [-0.4, -0.2) is 99.6 Å². The van der Waals surface area contributed by atoms with E-state index in [0.29, 0.717) is 48.7 Å². The number of primary amides is 1. The second-order valence-corrected chi connectivity index (χ2v) is 11.1. The second kappa shape index (κ2) is 13.7. The Kier molecular flexibility index (Phi) is 10.3. The Morgan fingerprint density at radius 2 is 1.62 bits per heavy atom. The molecule has 5 rings (SSSR count). The molecule has 0 aliphatic carbocycles. The van der Waals surface area contributed by atoms with E-state index in [-0.39, 0.29) is 11.8 Å². The van der Waals surface area contributed by atoms with Gasteiger partial charge in [-0.1, -0.05) is 29.3 Å². The van der Waals surface area contributed by atoms with Crippen molar-refractivity contribution in [2.45, 2.75) is 13.5 Å². The van der Waals surface area contributed by atoms with Crippen LogP contribution in [0.1, 0.15) is 21.7 Å². The zero-order valence-electron chi connectivity index (χ0n) is 23.3. The minimum atomic E-state index is -0.287. The van der Waals surface area contributed by atoms with E-state index in [1.807, 2.05) is 30.3 Å². The predicted octanol–water partition coefficient (Wildman–Crippen LogP) is 3.88. The van der Waals surface area contributed by atoms with Crippen molar-refractivity contribution in [2.75, 3.05) is 78.0 Å². The van der Waals surface area contributed by atoms with Crippen molar-refractivity contribution >= 4 is 51.7 Å². The molecule has 2 aromatic carbocycles. The lowest BCUT2D eigenvalue weighted by Gasteiger charge is -2.37. The van der Waals surface area contributed by atoms with Crippen LogP contribution in [0, 0.1) is 6.92 Å². The number of carbonyl (C=O) groups excluding carboxylic acids is 2. The third kappa shape index (κ3) is 7.47. The van der Waals surface area contributed by atoms with Gasteiger partial charge in [-0.3, -0.25) is 14.5 Å². The highest BCUT2D eigenvalue weighted by atomic mass is 35.5. The van der Waals surface area contributed by atoms with Crippen molar-refractivity contribution in [3.63, 3.8) is 0 Å². The number of piperazine rings is 1. The molecule has 216 valence electrons. The number of furan rings is 1. The molecule has 0 saturated carbocycles. The summed E-state index contributed by atoms with van der Waals surface area (Å²) in [5.74, 6) is 0.0425. The molecule has 2 aliphatic rings. The van der Waals surface area contributed by atoms with Crippen LogP contribution in [0.2, 0.25) is 10.0 Å². The number of ether oxygens (including phenoxy) is 1. The van der Waals surface area contributed by atoms with Crippen molar-refractivity contribution < 1.29 is 18.7 Å². The molecule has 3 heterocycles. The van der Waals surface area contributed by atoms with Gasteiger partial charge in [-0.15, -0.1) is 0 Å². The van der Waals surface area contributed by atoms with Crippen LogP contribution in [0.5, 0.6) is 0 Å². The van der Waals surface area contributed by atoms with Gasteiger partial charge in [0.1, 0.15) is 5.58 Å². The molecule has 40 heavy (non-hydrogen) atoms. The van der Waals surface area contributed by atoms with E-state index < -0.39 is 0 Å². The van der Waals surface area contributed by atoms with E-state index in [1.54, 1.807) is 23.9 Å². The van der Waals surface area contributed by atoms with Gasteiger partial charge in [-0.25, -0.2) is 0 Å². The third-order valence-electron chi connectivity index (χ3n) is 7.08. The van der Waals surface area contributed by atoms with Gasteiger partial charge >= 0.3 is 0 Å². The second-order valence-electron chi connectivity index (χ2n) is 10.3. The van der Waals surface area contributed by atoms with Crippen LogP contribution >= 0.6 is 23.2 Å². The van der Waals surface area contributed by atoms with Crippen LogP contribution in [0.25, 0.3) is 11.0 Å². The van der Waals surface area contributed by atoms with E-state index in [9.17, 15) is 9.59 Å². The summed E-state index contributed by atoms with van der Waals surface area (Å²) >= 11 is 12.7. The Balaban J connectivity index is 0.000000470. The summed E-state index contributed by atoms with van der Waals surface area (Å²) in [6, 6.07) is 11.6. The fourth-order valence-corrected chi connectivity index (χ4v) is 5.49. The first-order chi connectivity index (χ1) is 19.1. The smallest absolute Gasteiger partial charge is 0.289 e. The molecular formula is C29H37Cl2N5O4. The first kappa shape index (κ1) is 30.1. The highest BCUT2D eigenvalue weighted by molar-refractivity contribution is 6.35. The number of morpholine rings is 1.